The van der Waals surface area contributed by atoms with Crippen LogP contribution >= 0.6 is 0 Å². The Labute approximate surface area is 161 Å². The van der Waals surface area contributed by atoms with Gasteiger partial charge in [-0.15, -0.1) is 4.91 Å². The average molecular weight is 394 g/mol. The summed E-state index contributed by atoms with van der Waals surface area (Å²) in [5.41, 5.74) is -0.769. The lowest BCUT2D eigenvalue weighted by molar-refractivity contribution is -0.170. The summed E-state index contributed by atoms with van der Waals surface area (Å²) in [7, 11) is 1.12. The minimum Gasteiger partial charge on any atom is -0.467 e. The highest BCUT2D eigenvalue weighted by atomic mass is 16.6. The number of rotatable bonds is 8. The van der Waals surface area contributed by atoms with E-state index in [1.807, 2.05) is 6.07 Å². The fourth-order valence-corrected chi connectivity index (χ4v) is 2.57. The number of methoxy groups -OCH3 is 1. The standard InChI is InChI=1S/C18H22N2O8/c1-25-16(22)14(19-17(23)27-12-13-5-3-2-4-6-13)11-15(21)28-18(20-24)7-9-26-10-8-18/h2-6,14H,7-12H2,1H3,(H,19,23). The summed E-state index contributed by atoms with van der Waals surface area (Å²) < 4.78 is 19.9. The summed E-state index contributed by atoms with van der Waals surface area (Å²) in [6.45, 7) is 0.441. The van der Waals surface area contributed by atoms with Crippen molar-refractivity contribution >= 4 is 18.0 Å². The number of carbonyl (C=O) groups is 3. The summed E-state index contributed by atoms with van der Waals surface area (Å²) >= 11 is 0. The molecule has 1 aromatic carbocycles. The maximum absolute atomic E-state index is 12.2. The Morgan fingerprint density at radius 2 is 1.89 bits per heavy atom. The lowest BCUT2D eigenvalue weighted by Gasteiger charge is -2.30. The van der Waals surface area contributed by atoms with Gasteiger partial charge in [0.25, 0.3) is 0 Å². The molecule has 1 heterocycles. The van der Waals surface area contributed by atoms with E-state index in [2.05, 4.69) is 15.2 Å². The molecular weight excluding hydrogens is 372 g/mol. The fraction of sp³-hybridized carbons (Fsp3) is 0.500. The van der Waals surface area contributed by atoms with Gasteiger partial charge in [0, 0.05) is 12.8 Å². The van der Waals surface area contributed by atoms with E-state index in [0.29, 0.717) is 0 Å². The Hall–Kier alpha value is -3.01. The first-order valence-electron chi connectivity index (χ1n) is 8.67. The van der Waals surface area contributed by atoms with E-state index in [9.17, 15) is 19.3 Å². The van der Waals surface area contributed by atoms with Crippen LogP contribution in [0.15, 0.2) is 35.5 Å². The van der Waals surface area contributed by atoms with Gasteiger partial charge >= 0.3 is 18.0 Å². The Bertz CT molecular complexity index is 688. The van der Waals surface area contributed by atoms with E-state index >= 15 is 0 Å². The van der Waals surface area contributed by atoms with Crippen molar-refractivity contribution in [3.05, 3.63) is 40.8 Å². The maximum Gasteiger partial charge on any atom is 0.408 e. The number of carbonyl (C=O) groups excluding carboxylic acids is 3. The summed E-state index contributed by atoms with van der Waals surface area (Å²) in [5.74, 6) is -1.73. The second kappa shape index (κ2) is 10.4. The van der Waals surface area contributed by atoms with Crippen molar-refractivity contribution in [1.29, 1.82) is 0 Å². The number of ether oxygens (including phenoxy) is 4. The zero-order valence-electron chi connectivity index (χ0n) is 15.4. The molecule has 1 fully saturated rings. The largest absolute Gasteiger partial charge is 0.467 e. The normalized spacial score (nSPS) is 16.3. The molecule has 0 bridgehead atoms. The van der Waals surface area contributed by atoms with E-state index in [1.165, 1.54) is 0 Å². The van der Waals surface area contributed by atoms with Crippen molar-refractivity contribution in [3.63, 3.8) is 0 Å². The van der Waals surface area contributed by atoms with Crippen molar-refractivity contribution in [3.8, 4) is 0 Å². The molecular formula is C18H22N2O8. The van der Waals surface area contributed by atoms with Crippen molar-refractivity contribution < 1.29 is 33.3 Å². The van der Waals surface area contributed by atoms with Crippen molar-refractivity contribution in [2.45, 2.75) is 37.6 Å². The molecule has 1 N–H and O–H groups in total. The predicted octanol–water partition coefficient (Wildman–Crippen LogP) is 1.66. The van der Waals surface area contributed by atoms with Crippen molar-refractivity contribution in [2.24, 2.45) is 5.18 Å². The van der Waals surface area contributed by atoms with Crippen LogP contribution in [-0.4, -0.2) is 50.1 Å². The molecule has 1 saturated heterocycles. The average Bonchev–Trinajstić information content (AvgIpc) is 2.72. The van der Waals surface area contributed by atoms with E-state index in [4.69, 9.17) is 14.2 Å². The first-order chi connectivity index (χ1) is 13.5. The molecule has 0 aliphatic carbocycles. The molecule has 2 rings (SSSR count). The van der Waals surface area contributed by atoms with Gasteiger partial charge in [0.1, 0.15) is 12.6 Å². The molecule has 1 aliphatic heterocycles. The number of amides is 1. The SMILES string of the molecule is COC(=O)C(CC(=O)OC1(N=O)CCOCC1)NC(=O)OCc1ccccc1. The lowest BCUT2D eigenvalue weighted by Crippen LogP contribution is -2.45. The van der Waals surface area contributed by atoms with Gasteiger partial charge in [-0.1, -0.05) is 30.3 Å². The molecule has 1 aromatic rings. The third kappa shape index (κ3) is 6.31. The van der Waals surface area contributed by atoms with Crippen LogP contribution in [0.3, 0.4) is 0 Å². The van der Waals surface area contributed by atoms with Gasteiger partial charge in [-0.25, -0.2) is 9.59 Å². The van der Waals surface area contributed by atoms with Crippen LogP contribution in [0.25, 0.3) is 0 Å². The highest BCUT2D eigenvalue weighted by Crippen LogP contribution is 2.27. The van der Waals surface area contributed by atoms with Crippen molar-refractivity contribution in [2.75, 3.05) is 20.3 Å². The Balaban J connectivity index is 1.91. The molecule has 0 spiro atoms. The Morgan fingerprint density at radius 3 is 2.50 bits per heavy atom. The van der Waals surface area contributed by atoms with Crippen LogP contribution in [0.4, 0.5) is 4.79 Å². The number of nitrogens with one attached hydrogen (secondary N) is 1. The molecule has 0 aromatic heterocycles. The second-order valence-corrected chi connectivity index (χ2v) is 6.11. The molecule has 1 unspecified atom stereocenters. The molecule has 0 saturated carbocycles. The third-order valence-electron chi connectivity index (χ3n) is 4.11. The first kappa shape index (κ1) is 21.3. The van der Waals surface area contributed by atoms with Crippen LogP contribution in [0.5, 0.6) is 0 Å². The fourth-order valence-electron chi connectivity index (χ4n) is 2.57. The smallest absolute Gasteiger partial charge is 0.408 e. The molecule has 1 aliphatic rings. The minimum absolute atomic E-state index is 0.0107. The Kier molecular flexibility index (Phi) is 7.88. The predicted molar refractivity (Wildman–Crippen MR) is 94.9 cm³/mol. The quantitative estimate of drug-likeness (QED) is 0.400. The molecule has 152 valence electrons. The summed E-state index contributed by atoms with van der Waals surface area (Å²) in [4.78, 5) is 47.2. The summed E-state index contributed by atoms with van der Waals surface area (Å²) in [6.07, 6.45) is -1.19. The topological polar surface area (TPSA) is 130 Å². The third-order valence-corrected chi connectivity index (χ3v) is 4.11. The van der Waals surface area contributed by atoms with E-state index in [1.54, 1.807) is 24.3 Å². The van der Waals surface area contributed by atoms with Gasteiger partial charge in [-0.2, -0.15) is 0 Å². The molecule has 28 heavy (non-hydrogen) atoms. The second-order valence-electron chi connectivity index (χ2n) is 6.11. The highest BCUT2D eigenvalue weighted by Gasteiger charge is 2.39. The van der Waals surface area contributed by atoms with Crippen LogP contribution in [0.2, 0.25) is 0 Å². The van der Waals surface area contributed by atoms with Crippen molar-refractivity contribution in [1.82, 2.24) is 5.32 Å². The number of benzene rings is 1. The molecule has 0 radical (unpaired) electrons. The van der Waals surface area contributed by atoms with Gasteiger partial charge in [-0.3, -0.25) is 4.79 Å². The van der Waals surface area contributed by atoms with Gasteiger partial charge in [0.15, 0.2) is 0 Å². The molecule has 10 nitrogen and oxygen atoms in total. The Morgan fingerprint density at radius 1 is 1.21 bits per heavy atom. The number of nitroso groups, excluding NO2 is 1. The van der Waals surface area contributed by atoms with Crippen LogP contribution in [-0.2, 0) is 35.1 Å². The number of esters is 2. The summed E-state index contributed by atoms with van der Waals surface area (Å²) in [6, 6.07) is 7.60. The van der Waals surface area contributed by atoms with E-state index < -0.39 is 36.2 Å². The number of nitrogens with zero attached hydrogens (tertiary/aromatic N) is 1. The number of alkyl carbamates (subject to hydrolysis) is 1. The van der Waals surface area contributed by atoms with Crippen LogP contribution in [0, 0.1) is 4.91 Å². The van der Waals surface area contributed by atoms with Crippen LogP contribution < -0.4 is 5.32 Å². The highest BCUT2D eigenvalue weighted by molar-refractivity contribution is 5.86. The number of hydrogen-bond donors (Lipinski definition) is 1. The zero-order valence-corrected chi connectivity index (χ0v) is 15.4. The van der Waals surface area contributed by atoms with E-state index in [0.717, 1.165) is 12.7 Å². The monoisotopic (exact) mass is 394 g/mol. The molecule has 1 amide bonds. The molecule has 10 heteroatoms. The lowest BCUT2D eigenvalue weighted by atomic mass is 10.1. The summed E-state index contributed by atoms with van der Waals surface area (Å²) in [5, 5.41) is 5.18. The zero-order chi connectivity index (χ0) is 20.4. The van der Waals surface area contributed by atoms with Gasteiger partial charge < -0.3 is 24.3 Å². The van der Waals surface area contributed by atoms with Gasteiger partial charge in [0.2, 0.25) is 5.72 Å². The minimum atomic E-state index is -1.52. The van der Waals surface area contributed by atoms with Crippen LogP contribution in [0.1, 0.15) is 24.8 Å². The van der Waals surface area contributed by atoms with Gasteiger partial charge in [0.05, 0.1) is 26.7 Å². The first-order valence-corrected chi connectivity index (χ1v) is 8.67. The molecule has 1 atom stereocenters. The van der Waals surface area contributed by atoms with E-state index in [-0.39, 0.29) is 32.7 Å². The number of hydrogen-bond acceptors (Lipinski definition) is 9. The van der Waals surface area contributed by atoms with Gasteiger partial charge in [-0.05, 0) is 10.7 Å². The maximum atomic E-state index is 12.2.